The van der Waals surface area contributed by atoms with Crippen molar-refractivity contribution in [3.8, 4) is 11.5 Å². The maximum absolute atomic E-state index is 10.7. The smallest absolute Gasteiger partial charge is 0.127 e. The molecule has 0 atom stereocenters. The first kappa shape index (κ1) is 14.5. The molecule has 2 N–H and O–H groups in total. The van der Waals surface area contributed by atoms with Gasteiger partial charge in [-0.2, -0.15) is 0 Å². The lowest BCUT2D eigenvalue weighted by Gasteiger charge is -2.20. The minimum absolute atomic E-state index is 0.350. The highest BCUT2D eigenvalue weighted by Crippen LogP contribution is 2.44. The summed E-state index contributed by atoms with van der Waals surface area (Å²) in [6.07, 6.45) is 3.85. The van der Waals surface area contributed by atoms with Gasteiger partial charge < -0.3 is 10.2 Å². The molecule has 3 aromatic rings. The molecule has 0 saturated heterocycles. The summed E-state index contributed by atoms with van der Waals surface area (Å²) < 4.78 is 0. The topological polar surface area (TPSA) is 40.5 Å². The van der Waals surface area contributed by atoms with Gasteiger partial charge in [-0.05, 0) is 56.0 Å². The van der Waals surface area contributed by atoms with Gasteiger partial charge in [-0.3, -0.25) is 0 Å². The zero-order valence-corrected chi connectivity index (χ0v) is 13.6. The van der Waals surface area contributed by atoms with Gasteiger partial charge in [-0.1, -0.05) is 30.0 Å². The van der Waals surface area contributed by atoms with E-state index in [0.717, 1.165) is 57.4 Å². The second-order valence-electron chi connectivity index (χ2n) is 5.98. The molecule has 2 nitrogen and oxygen atoms in total. The Bertz CT molecular complexity index is 872. The van der Waals surface area contributed by atoms with E-state index in [1.807, 2.05) is 36.4 Å². The molecular formula is C20H18O2S. The van der Waals surface area contributed by atoms with E-state index in [9.17, 15) is 10.2 Å². The van der Waals surface area contributed by atoms with Crippen molar-refractivity contribution in [2.75, 3.05) is 0 Å². The number of benzene rings is 3. The quantitative estimate of drug-likeness (QED) is 0.631. The van der Waals surface area contributed by atoms with Crippen LogP contribution in [0.4, 0.5) is 0 Å². The number of phenolic OH excluding ortho intramolecular Hbond substituents is 2. The van der Waals surface area contributed by atoms with Gasteiger partial charge >= 0.3 is 0 Å². The van der Waals surface area contributed by atoms with Crippen molar-refractivity contribution in [1.29, 1.82) is 0 Å². The SMILES string of the molecule is Oc1c2c(c(O)c3cc(Sc4ccccc4)ccc13)CCCC2. The van der Waals surface area contributed by atoms with Crippen molar-refractivity contribution < 1.29 is 10.2 Å². The second-order valence-corrected chi connectivity index (χ2v) is 7.13. The summed E-state index contributed by atoms with van der Waals surface area (Å²) in [5, 5.41) is 22.8. The molecule has 0 amide bonds. The van der Waals surface area contributed by atoms with Gasteiger partial charge in [0.2, 0.25) is 0 Å². The van der Waals surface area contributed by atoms with Crippen molar-refractivity contribution in [3.63, 3.8) is 0 Å². The number of rotatable bonds is 2. The molecule has 4 rings (SSSR count). The predicted molar refractivity (Wildman–Crippen MR) is 94.5 cm³/mol. The fraction of sp³-hybridized carbons (Fsp3) is 0.200. The first-order valence-electron chi connectivity index (χ1n) is 7.96. The van der Waals surface area contributed by atoms with E-state index in [4.69, 9.17) is 0 Å². The Morgan fingerprint density at radius 1 is 0.696 bits per heavy atom. The van der Waals surface area contributed by atoms with Crippen LogP contribution in [0.25, 0.3) is 10.8 Å². The highest BCUT2D eigenvalue weighted by atomic mass is 32.2. The molecule has 0 aliphatic heterocycles. The van der Waals surface area contributed by atoms with Gasteiger partial charge in [0.15, 0.2) is 0 Å². The molecule has 1 aliphatic rings. The summed E-state index contributed by atoms with van der Waals surface area (Å²) in [5.74, 6) is 0.701. The van der Waals surface area contributed by atoms with Crippen molar-refractivity contribution in [1.82, 2.24) is 0 Å². The molecule has 0 spiro atoms. The predicted octanol–water partition coefficient (Wildman–Crippen LogP) is 5.28. The van der Waals surface area contributed by atoms with E-state index in [1.54, 1.807) is 11.8 Å². The second kappa shape index (κ2) is 5.82. The van der Waals surface area contributed by atoms with Gasteiger partial charge in [0.05, 0.1) is 0 Å². The largest absolute Gasteiger partial charge is 0.507 e. The summed E-state index contributed by atoms with van der Waals surface area (Å²) >= 11 is 1.66. The van der Waals surface area contributed by atoms with Gasteiger partial charge in [0.25, 0.3) is 0 Å². The molecule has 0 aromatic heterocycles. The van der Waals surface area contributed by atoms with E-state index in [1.165, 1.54) is 0 Å². The first-order chi connectivity index (χ1) is 11.2. The standard InChI is InChI=1S/C20H18O2S/c21-19-15-8-4-5-9-16(15)20(22)18-12-14(10-11-17(18)19)23-13-6-2-1-3-7-13/h1-3,6-7,10-12,21-22H,4-5,8-9H2. The molecule has 3 heteroatoms. The maximum atomic E-state index is 10.7. The molecule has 116 valence electrons. The van der Waals surface area contributed by atoms with Crippen LogP contribution < -0.4 is 0 Å². The molecule has 0 bridgehead atoms. The third-order valence-corrected chi connectivity index (χ3v) is 5.52. The van der Waals surface area contributed by atoms with Crippen LogP contribution in [-0.4, -0.2) is 10.2 Å². The molecule has 0 fully saturated rings. The summed E-state index contributed by atoms with van der Waals surface area (Å²) in [7, 11) is 0. The molecule has 1 aliphatic carbocycles. The van der Waals surface area contributed by atoms with Gasteiger partial charge in [-0.25, -0.2) is 0 Å². The Hall–Kier alpha value is -2.13. The highest BCUT2D eigenvalue weighted by Gasteiger charge is 2.21. The molecule has 23 heavy (non-hydrogen) atoms. The summed E-state index contributed by atoms with van der Waals surface area (Å²) in [6.45, 7) is 0. The number of phenols is 2. The molecule has 0 heterocycles. The van der Waals surface area contributed by atoms with E-state index in [0.29, 0.717) is 11.5 Å². The van der Waals surface area contributed by atoms with Crippen LogP contribution in [0.3, 0.4) is 0 Å². The fourth-order valence-corrected chi connectivity index (χ4v) is 4.25. The Morgan fingerprint density at radius 3 is 2.04 bits per heavy atom. The maximum Gasteiger partial charge on any atom is 0.127 e. The van der Waals surface area contributed by atoms with E-state index < -0.39 is 0 Å². The van der Waals surface area contributed by atoms with Crippen LogP contribution in [0.5, 0.6) is 11.5 Å². The number of aromatic hydroxyl groups is 2. The Morgan fingerprint density at radius 2 is 1.35 bits per heavy atom. The average molecular weight is 322 g/mol. The van der Waals surface area contributed by atoms with Crippen LogP contribution >= 0.6 is 11.8 Å². The third kappa shape index (κ3) is 2.55. The van der Waals surface area contributed by atoms with Crippen LogP contribution in [0, 0.1) is 0 Å². The van der Waals surface area contributed by atoms with E-state index >= 15 is 0 Å². The van der Waals surface area contributed by atoms with E-state index in [2.05, 4.69) is 12.1 Å². The zero-order chi connectivity index (χ0) is 15.8. The summed E-state index contributed by atoms with van der Waals surface area (Å²) in [6, 6.07) is 16.1. The van der Waals surface area contributed by atoms with Crippen molar-refractivity contribution in [2.45, 2.75) is 35.5 Å². The third-order valence-electron chi connectivity index (χ3n) is 4.52. The molecule has 0 radical (unpaired) electrons. The Kier molecular flexibility index (Phi) is 3.66. The number of hydrogen-bond donors (Lipinski definition) is 2. The van der Waals surface area contributed by atoms with Crippen molar-refractivity contribution >= 4 is 22.5 Å². The Balaban J connectivity index is 1.84. The normalized spacial score (nSPS) is 13.9. The monoisotopic (exact) mass is 322 g/mol. The van der Waals surface area contributed by atoms with Crippen LogP contribution in [0.1, 0.15) is 24.0 Å². The lowest BCUT2D eigenvalue weighted by molar-refractivity contribution is 0.449. The van der Waals surface area contributed by atoms with E-state index in [-0.39, 0.29) is 0 Å². The van der Waals surface area contributed by atoms with Gasteiger partial charge in [-0.15, -0.1) is 0 Å². The highest BCUT2D eigenvalue weighted by molar-refractivity contribution is 7.99. The van der Waals surface area contributed by atoms with Gasteiger partial charge in [0.1, 0.15) is 11.5 Å². The summed E-state index contributed by atoms with van der Waals surface area (Å²) in [4.78, 5) is 2.22. The molecule has 0 unspecified atom stereocenters. The molecule has 0 saturated carbocycles. The zero-order valence-electron chi connectivity index (χ0n) is 12.7. The number of fused-ring (bicyclic) bond motifs is 2. The average Bonchev–Trinajstić information content (AvgIpc) is 2.60. The molecule has 3 aromatic carbocycles. The fourth-order valence-electron chi connectivity index (χ4n) is 3.37. The van der Waals surface area contributed by atoms with Crippen LogP contribution in [0.15, 0.2) is 58.3 Å². The van der Waals surface area contributed by atoms with Crippen molar-refractivity contribution in [3.05, 3.63) is 59.7 Å². The lowest BCUT2D eigenvalue weighted by atomic mass is 9.87. The molecular weight excluding hydrogens is 304 g/mol. The minimum atomic E-state index is 0.350. The minimum Gasteiger partial charge on any atom is -0.507 e. The van der Waals surface area contributed by atoms with Crippen molar-refractivity contribution in [2.24, 2.45) is 0 Å². The number of hydrogen-bond acceptors (Lipinski definition) is 3. The Labute approximate surface area is 139 Å². The van der Waals surface area contributed by atoms with Crippen LogP contribution in [-0.2, 0) is 12.8 Å². The van der Waals surface area contributed by atoms with Gasteiger partial charge in [0, 0.05) is 31.7 Å². The van der Waals surface area contributed by atoms with Crippen LogP contribution in [0.2, 0.25) is 0 Å². The first-order valence-corrected chi connectivity index (χ1v) is 8.78. The lowest BCUT2D eigenvalue weighted by Crippen LogP contribution is -2.03. The summed E-state index contributed by atoms with van der Waals surface area (Å²) in [5.41, 5.74) is 1.87.